The number of sulfonamides is 1. The normalized spacial score (nSPS) is 11.4. The topological polar surface area (TPSA) is 123 Å². The quantitative estimate of drug-likeness (QED) is 0.207. The summed E-state index contributed by atoms with van der Waals surface area (Å²) in [4.78, 5) is 36.4. The van der Waals surface area contributed by atoms with Crippen molar-refractivity contribution in [2.75, 3.05) is 5.75 Å². The Morgan fingerprint density at radius 2 is 1.71 bits per heavy atom. The number of hydrogen-bond donors (Lipinski definition) is 2. The van der Waals surface area contributed by atoms with Gasteiger partial charge in [-0.25, -0.2) is 13.4 Å². The van der Waals surface area contributed by atoms with Gasteiger partial charge in [0.2, 0.25) is 5.91 Å². The summed E-state index contributed by atoms with van der Waals surface area (Å²) in [7, 11) is -3.89. The molecule has 0 unspecified atom stereocenters. The van der Waals surface area contributed by atoms with Crippen LogP contribution in [-0.2, 0) is 27.8 Å². The van der Waals surface area contributed by atoms with Crippen molar-refractivity contribution in [3.63, 3.8) is 0 Å². The van der Waals surface area contributed by atoms with Crippen molar-refractivity contribution in [1.82, 2.24) is 24.8 Å². The molecule has 174 valence electrons. The molecule has 4 aromatic rings. The molecule has 0 aliphatic heterocycles. The lowest BCUT2D eigenvalue weighted by Crippen LogP contribution is -2.42. The minimum absolute atomic E-state index is 0.0301. The number of para-hydroxylation sites is 1. The van der Waals surface area contributed by atoms with Crippen LogP contribution in [0.15, 0.2) is 93.8 Å². The van der Waals surface area contributed by atoms with Crippen LogP contribution in [0.3, 0.4) is 0 Å². The maximum absolute atomic E-state index is 13.1. The van der Waals surface area contributed by atoms with Gasteiger partial charge in [0.25, 0.3) is 15.6 Å². The van der Waals surface area contributed by atoms with E-state index in [-0.39, 0.29) is 16.2 Å². The van der Waals surface area contributed by atoms with E-state index >= 15 is 0 Å². The molecule has 0 fully saturated rings. The molecule has 2 aromatic carbocycles. The number of nitrogens with one attached hydrogen (secondary N) is 2. The first kappa shape index (κ1) is 23.6. The number of benzene rings is 2. The van der Waals surface area contributed by atoms with E-state index in [4.69, 9.17) is 0 Å². The van der Waals surface area contributed by atoms with Crippen molar-refractivity contribution in [2.45, 2.75) is 23.0 Å². The van der Waals surface area contributed by atoms with Gasteiger partial charge >= 0.3 is 0 Å². The molecule has 0 aliphatic rings. The van der Waals surface area contributed by atoms with Crippen molar-refractivity contribution >= 4 is 38.6 Å². The number of thioether (sulfide) groups is 1. The Morgan fingerprint density at radius 3 is 2.47 bits per heavy atom. The summed E-state index contributed by atoms with van der Waals surface area (Å²) in [5, 5.41) is 0.841. The smallest absolute Gasteiger partial charge is 0.262 e. The molecule has 0 spiro atoms. The lowest BCUT2D eigenvalue weighted by molar-refractivity contribution is -0.119. The van der Waals surface area contributed by atoms with Gasteiger partial charge in [0, 0.05) is 24.9 Å². The van der Waals surface area contributed by atoms with Gasteiger partial charge in [-0.05, 0) is 36.4 Å². The summed E-state index contributed by atoms with van der Waals surface area (Å²) < 4.78 is 26.1. The number of carbonyl (C=O) groups is 1. The second-order valence-electron chi connectivity index (χ2n) is 7.19. The highest BCUT2D eigenvalue weighted by molar-refractivity contribution is 7.99. The number of hydrogen-bond acceptors (Lipinski definition) is 7. The molecular formula is C23H21N5O4S2. The summed E-state index contributed by atoms with van der Waals surface area (Å²) in [6, 6.07) is 20.3. The average molecular weight is 496 g/mol. The number of carbonyl (C=O) groups excluding carboxylic acids is 1. The maximum atomic E-state index is 13.1. The minimum Gasteiger partial charge on any atom is -0.287 e. The number of aromatic nitrogens is 3. The SMILES string of the molecule is O=C(CSc1nc2ccccc2c(=O)n1CCc1ccccn1)NNS(=O)(=O)c1ccccc1. The third-order valence-electron chi connectivity index (χ3n) is 4.85. The Balaban J connectivity index is 1.49. The third-order valence-corrected chi connectivity index (χ3v) is 7.09. The van der Waals surface area contributed by atoms with Crippen molar-refractivity contribution in [1.29, 1.82) is 0 Å². The highest BCUT2D eigenvalue weighted by atomic mass is 32.2. The van der Waals surface area contributed by atoms with E-state index in [1.807, 2.05) is 18.2 Å². The summed E-state index contributed by atoms with van der Waals surface area (Å²) in [5.41, 5.74) is 3.33. The van der Waals surface area contributed by atoms with E-state index in [2.05, 4.69) is 20.2 Å². The number of fused-ring (bicyclic) bond motifs is 1. The first-order valence-corrected chi connectivity index (χ1v) is 12.8. The van der Waals surface area contributed by atoms with E-state index in [1.165, 1.54) is 16.7 Å². The first-order valence-electron chi connectivity index (χ1n) is 10.3. The fourth-order valence-corrected chi connectivity index (χ4v) is 4.88. The van der Waals surface area contributed by atoms with Crippen LogP contribution in [0.2, 0.25) is 0 Å². The fraction of sp³-hybridized carbons (Fsp3) is 0.130. The molecule has 0 atom stereocenters. The van der Waals surface area contributed by atoms with Crippen LogP contribution in [-0.4, -0.2) is 34.6 Å². The molecular weight excluding hydrogens is 474 g/mol. The predicted octanol–water partition coefficient (Wildman–Crippen LogP) is 2.14. The van der Waals surface area contributed by atoms with Gasteiger partial charge in [-0.1, -0.05) is 48.2 Å². The van der Waals surface area contributed by atoms with Crippen molar-refractivity contribution in [3.05, 3.63) is 95.0 Å². The monoisotopic (exact) mass is 495 g/mol. The van der Waals surface area contributed by atoms with Gasteiger partial charge in [-0.15, -0.1) is 4.83 Å². The third kappa shape index (κ3) is 5.68. The van der Waals surface area contributed by atoms with E-state index in [1.54, 1.807) is 48.7 Å². The molecule has 0 bridgehead atoms. The Kier molecular flexibility index (Phi) is 7.36. The zero-order chi connectivity index (χ0) is 24.0. The molecule has 0 saturated carbocycles. The molecule has 34 heavy (non-hydrogen) atoms. The molecule has 0 radical (unpaired) electrons. The van der Waals surface area contributed by atoms with Crippen LogP contribution in [0.4, 0.5) is 0 Å². The van der Waals surface area contributed by atoms with E-state index in [9.17, 15) is 18.0 Å². The summed E-state index contributed by atoms with van der Waals surface area (Å²) in [6.45, 7) is 0.332. The highest BCUT2D eigenvalue weighted by Gasteiger charge is 2.16. The van der Waals surface area contributed by atoms with Crippen molar-refractivity contribution < 1.29 is 13.2 Å². The van der Waals surface area contributed by atoms with Crippen molar-refractivity contribution in [2.24, 2.45) is 0 Å². The fourth-order valence-electron chi connectivity index (χ4n) is 3.18. The Hall–Kier alpha value is -3.54. The summed E-state index contributed by atoms with van der Waals surface area (Å²) in [6.07, 6.45) is 2.20. The van der Waals surface area contributed by atoms with Crippen LogP contribution in [0.5, 0.6) is 0 Å². The molecule has 9 nitrogen and oxygen atoms in total. The number of hydrazine groups is 1. The van der Waals surface area contributed by atoms with Gasteiger partial charge in [0.05, 0.1) is 21.6 Å². The molecule has 2 N–H and O–H groups in total. The standard InChI is InChI=1S/C23H21N5O4S2/c29-21(26-27-34(31,32)18-9-2-1-3-10-18)16-33-23-25-20-12-5-4-11-19(20)22(30)28(23)15-13-17-8-6-7-14-24-17/h1-12,14,27H,13,15-16H2,(H,26,29). The Labute approximate surface area is 200 Å². The molecule has 2 aromatic heterocycles. The first-order chi connectivity index (χ1) is 16.4. The summed E-state index contributed by atoms with van der Waals surface area (Å²) in [5.74, 6) is -0.728. The second-order valence-corrected chi connectivity index (χ2v) is 9.82. The van der Waals surface area contributed by atoms with Crippen LogP contribution in [0.25, 0.3) is 10.9 Å². The molecule has 0 saturated heterocycles. The van der Waals surface area contributed by atoms with E-state index in [0.717, 1.165) is 17.5 Å². The highest BCUT2D eigenvalue weighted by Crippen LogP contribution is 2.18. The van der Waals surface area contributed by atoms with Gasteiger partial charge in [-0.3, -0.25) is 24.6 Å². The van der Waals surface area contributed by atoms with Gasteiger partial charge in [0.1, 0.15) is 0 Å². The number of nitrogens with zero attached hydrogens (tertiary/aromatic N) is 3. The molecule has 4 rings (SSSR count). The largest absolute Gasteiger partial charge is 0.287 e. The van der Waals surface area contributed by atoms with Crippen molar-refractivity contribution in [3.8, 4) is 0 Å². The molecule has 2 heterocycles. The molecule has 1 amide bonds. The van der Waals surface area contributed by atoms with Crippen LogP contribution in [0.1, 0.15) is 5.69 Å². The lowest BCUT2D eigenvalue weighted by Gasteiger charge is -2.13. The number of rotatable bonds is 9. The Bertz CT molecular complexity index is 1460. The van der Waals surface area contributed by atoms with Gasteiger partial charge in [-0.2, -0.15) is 0 Å². The maximum Gasteiger partial charge on any atom is 0.262 e. The zero-order valence-electron chi connectivity index (χ0n) is 17.9. The lowest BCUT2D eigenvalue weighted by atomic mass is 10.2. The van der Waals surface area contributed by atoms with Crippen LogP contribution >= 0.6 is 11.8 Å². The molecule has 0 aliphatic carbocycles. The second kappa shape index (κ2) is 10.6. The number of pyridine rings is 1. The van der Waals surface area contributed by atoms with Gasteiger partial charge in [0.15, 0.2) is 5.16 Å². The van der Waals surface area contributed by atoms with Gasteiger partial charge < -0.3 is 0 Å². The number of amides is 1. The van der Waals surface area contributed by atoms with E-state index < -0.39 is 15.9 Å². The van der Waals surface area contributed by atoms with Crippen LogP contribution < -0.4 is 15.8 Å². The molecule has 11 heteroatoms. The van der Waals surface area contributed by atoms with Crippen LogP contribution in [0, 0.1) is 0 Å². The Morgan fingerprint density at radius 1 is 0.971 bits per heavy atom. The minimum atomic E-state index is -3.89. The van der Waals surface area contributed by atoms with E-state index in [0.29, 0.717) is 29.0 Å². The average Bonchev–Trinajstić information content (AvgIpc) is 2.87. The zero-order valence-corrected chi connectivity index (χ0v) is 19.6. The number of aryl methyl sites for hydroxylation is 1. The summed E-state index contributed by atoms with van der Waals surface area (Å²) >= 11 is 1.05. The predicted molar refractivity (Wildman–Crippen MR) is 130 cm³/mol.